The maximum atomic E-state index is 13.2. The summed E-state index contributed by atoms with van der Waals surface area (Å²) in [5.74, 6) is 1.85. The van der Waals surface area contributed by atoms with Crippen LogP contribution in [0.1, 0.15) is 18.0 Å². The zero-order valence-corrected chi connectivity index (χ0v) is 18.1. The van der Waals surface area contributed by atoms with Crippen molar-refractivity contribution in [1.29, 1.82) is 0 Å². The van der Waals surface area contributed by atoms with Gasteiger partial charge in [0.2, 0.25) is 5.91 Å². The zero-order valence-electron chi connectivity index (χ0n) is 18.1. The number of rotatable bonds is 7. The third kappa shape index (κ3) is 4.85. The van der Waals surface area contributed by atoms with Gasteiger partial charge in [-0.25, -0.2) is 0 Å². The molecule has 1 saturated heterocycles. The summed E-state index contributed by atoms with van der Waals surface area (Å²) in [7, 11) is 3.34. The third-order valence-corrected chi connectivity index (χ3v) is 5.91. The number of hydrogen-bond acceptors (Lipinski definition) is 4. The van der Waals surface area contributed by atoms with Crippen LogP contribution < -0.4 is 14.4 Å². The largest absolute Gasteiger partial charge is 0.497 e. The Balaban J connectivity index is 1.42. The van der Waals surface area contributed by atoms with Crippen LogP contribution in [0.25, 0.3) is 0 Å². The Bertz CT molecular complexity index is 978. The zero-order chi connectivity index (χ0) is 21.6. The highest BCUT2D eigenvalue weighted by atomic mass is 16.5. The van der Waals surface area contributed by atoms with Crippen LogP contribution in [0.5, 0.6) is 11.5 Å². The van der Waals surface area contributed by atoms with Gasteiger partial charge in [0, 0.05) is 50.3 Å². The van der Waals surface area contributed by atoms with E-state index in [2.05, 4.69) is 15.5 Å². The molecule has 6 nitrogen and oxygen atoms in total. The van der Waals surface area contributed by atoms with Crippen molar-refractivity contribution in [3.05, 3.63) is 78.6 Å². The minimum Gasteiger partial charge on any atom is -0.497 e. The highest BCUT2D eigenvalue weighted by Crippen LogP contribution is 2.27. The van der Waals surface area contributed by atoms with Gasteiger partial charge in [0.15, 0.2) is 0 Å². The average Bonchev–Trinajstić information content (AvgIpc) is 3.37. The van der Waals surface area contributed by atoms with Gasteiger partial charge < -0.3 is 23.8 Å². The summed E-state index contributed by atoms with van der Waals surface area (Å²) in [5.41, 5.74) is 2.23. The van der Waals surface area contributed by atoms with Crippen molar-refractivity contribution in [2.75, 3.05) is 45.3 Å². The Labute approximate surface area is 183 Å². The number of nitrogens with zero attached hydrogens (tertiary/aromatic N) is 3. The van der Waals surface area contributed by atoms with Gasteiger partial charge >= 0.3 is 0 Å². The van der Waals surface area contributed by atoms with Crippen molar-refractivity contribution >= 4 is 11.6 Å². The van der Waals surface area contributed by atoms with Crippen LogP contribution in [0.4, 0.5) is 5.69 Å². The Morgan fingerprint density at radius 2 is 1.55 bits per heavy atom. The molecular formula is C25H29N3O3. The fourth-order valence-corrected chi connectivity index (χ4v) is 4.09. The topological polar surface area (TPSA) is 46.9 Å². The number of benzene rings is 2. The molecule has 3 aromatic rings. The molecule has 0 radical (unpaired) electrons. The van der Waals surface area contributed by atoms with Crippen molar-refractivity contribution in [2.24, 2.45) is 0 Å². The standard InChI is InChI=1S/C25H29N3O3/c1-30-22-10-8-20(9-11-22)24(27-12-3-4-13-27)19-25(29)28-16-14-26(15-17-28)21-6-5-7-23(18-21)31-2/h3-13,18,24H,14-17,19H2,1-2H3. The van der Waals surface area contributed by atoms with E-state index in [1.54, 1.807) is 14.2 Å². The van der Waals surface area contributed by atoms with Crippen molar-refractivity contribution in [3.63, 3.8) is 0 Å². The molecule has 162 valence electrons. The average molecular weight is 420 g/mol. The smallest absolute Gasteiger partial charge is 0.225 e. The van der Waals surface area contributed by atoms with Crippen molar-refractivity contribution in [2.45, 2.75) is 12.5 Å². The molecule has 1 aliphatic heterocycles. The lowest BCUT2D eigenvalue weighted by Crippen LogP contribution is -2.49. The molecule has 0 N–H and O–H groups in total. The lowest BCUT2D eigenvalue weighted by molar-refractivity contribution is -0.132. The lowest BCUT2D eigenvalue weighted by atomic mass is 10.0. The third-order valence-electron chi connectivity index (χ3n) is 5.91. The number of piperazine rings is 1. The molecule has 0 saturated carbocycles. The summed E-state index contributed by atoms with van der Waals surface area (Å²) >= 11 is 0. The number of methoxy groups -OCH3 is 2. The first-order valence-electron chi connectivity index (χ1n) is 10.6. The normalized spacial score (nSPS) is 14.9. The van der Waals surface area contributed by atoms with Crippen LogP contribution in [-0.2, 0) is 4.79 Å². The van der Waals surface area contributed by atoms with E-state index in [1.807, 2.05) is 71.9 Å². The van der Waals surface area contributed by atoms with Crippen LogP contribution in [0.2, 0.25) is 0 Å². The van der Waals surface area contributed by atoms with E-state index in [4.69, 9.17) is 9.47 Å². The van der Waals surface area contributed by atoms with Gasteiger partial charge in [-0.1, -0.05) is 18.2 Å². The summed E-state index contributed by atoms with van der Waals surface area (Å²) < 4.78 is 12.7. The molecule has 2 heterocycles. The molecule has 31 heavy (non-hydrogen) atoms. The molecule has 2 aromatic carbocycles. The fourth-order valence-electron chi connectivity index (χ4n) is 4.09. The van der Waals surface area contributed by atoms with Gasteiger partial charge in [-0.15, -0.1) is 0 Å². The minimum absolute atomic E-state index is 0.0372. The Hall–Kier alpha value is -3.41. The lowest BCUT2D eigenvalue weighted by Gasteiger charge is -2.37. The number of amides is 1. The number of ether oxygens (including phenoxy) is 2. The number of carbonyl (C=O) groups is 1. The van der Waals surface area contributed by atoms with Crippen molar-refractivity contribution in [1.82, 2.24) is 9.47 Å². The van der Waals surface area contributed by atoms with Crippen LogP contribution >= 0.6 is 0 Å². The highest BCUT2D eigenvalue weighted by molar-refractivity contribution is 5.77. The molecular weight excluding hydrogens is 390 g/mol. The molecule has 4 rings (SSSR count). The van der Waals surface area contributed by atoms with E-state index in [9.17, 15) is 4.79 Å². The van der Waals surface area contributed by atoms with E-state index in [-0.39, 0.29) is 11.9 Å². The summed E-state index contributed by atoms with van der Waals surface area (Å²) in [4.78, 5) is 17.5. The molecule has 1 aliphatic rings. The first kappa shape index (κ1) is 20.8. The molecule has 0 aliphatic carbocycles. The minimum atomic E-state index is -0.0372. The molecule has 1 atom stereocenters. The number of anilines is 1. The van der Waals surface area contributed by atoms with Crippen LogP contribution in [0.15, 0.2) is 73.1 Å². The maximum absolute atomic E-state index is 13.2. The highest BCUT2D eigenvalue weighted by Gasteiger charge is 2.25. The molecule has 1 amide bonds. The molecule has 1 fully saturated rings. The summed E-state index contributed by atoms with van der Waals surface area (Å²) in [6, 6.07) is 20.0. The van der Waals surface area contributed by atoms with E-state index >= 15 is 0 Å². The van der Waals surface area contributed by atoms with Gasteiger partial charge in [0.1, 0.15) is 11.5 Å². The van der Waals surface area contributed by atoms with E-state index < -0.39 is 0 Å². The van der Waals surface area contributed by atoms with E-state index in [0.29, 0.717) is 6.42 Å². The van der Waals surface area contributed by atoms with Crippen LogP contribution in [0, 0.1) is 0 Å². The van der Waals surface area contributed by atoms with Gasteiger partial charge in [-0.2, -0.15) is 0 Å². The molecule has 1 aromatic heterocycles. The van der Waals surface area contributed by atoms with Gasteiger partial charge in [-0.05, 0) is 42.0 Å². The van der Waals surface area contributed by atoms with Gasteiger partial charge in [0.25, 0.3) is 0 Å². The predicted molar refractivity (Wildman–Crippen MR) is 122 cm³/mol. The number of carbonyl (C=O) groups excluding carboxylic acids is 1. The summed E-state index contributed by atoms with van der Waals surface area (Å²) in [6.07, 6.45) is 4.46. The predicted octanol–water partition coefficient (Wildman–Crippen LogP) is 3.83. The molecule has 0 bridgehead atoms. The second-order valence-corrected chi connectivity index (χ2v) is 7.69. The van der Waals surface area contributed by atoms with Crippen molar-refractivity contribution in [3.8, 4) is 11.5 Å². The molecule has 1 unspecified atom stereocenters. The Morgan fingerprint density at radius 1 is 0.871 bits per heavy atom. The first-order chi connectivity index (χ1) is 15.2. The summed E-state index contributed by atoms with van der Waals surface area (Å²) in [5, 5.41) is 0. The Kier molecular flexibility index (Phi) is 6.46. The monoisotopic (exact) mass is 419 g/mol. The summed E-state index contributed by atoms with van der Waals surface area (Å²) in [6.45, 7) is 3.07. The maximum Gasteiger partial charge on any atom is 0.225 e. The molecule has 6 heteroatoms. The van der Waals surface area contributed by atoms with Gasteiger partial charge in [-0.3, -0.25) is 4.79 Å². The van der Waals surface area contributed by atoms with E-state index in [0.717, 1.165) is 48.9 Å². The first-order valence-corrected chi connectivity index (χ1v) is 10.6. The fraction of sp³-hybridized carbons (Fsp3) is 0.320. The Morgan fingerprint density at radius 3 is 2.19 bits per heavy atom. The van der Waals surface area contributed by atoms with Gasteiger partial charge in [0.05, 0.1) is 26.7 Å². The van der Waals surface area contributed by atoms with Crippen molar-refractivity contribution < 1.29 is 14.3 Å². The van der Waals surface area contributed by atoms with Crippen LogP contribution in [-0.4, -0.2) is 55.8 Å². The van der Waals surface area contributed by atoms with E-state index in [1.165, 1.54) is 0 Å². The quantitative estimate of drug-likeness (QED) is 0.584. The van der Waals surface area contributed by atoms with Crippen LogP contribution in [0.3, 0.4) is 0 Å². The second kappa shape index (κ2) is 9.60. The molecule has 0 spiro atoms. The SMILES string of the molecule is COc1ccc(C(CC(=O)N2CCN(c3cccc(OC)c3)CC2)n2cccc2)cc1. The second-order valence-electron chi connectivity index (χ2n) is 7.69. The number of aromatic nitrogens is 1. The number of hydrogen-bond donors (Lipinski definition) is 0.